The Balaban J connectivity index is 1.67. The average Bonchev–Trinajstić information content (AvgIpc) is 3.07. The predicted octanol–water partition coefficient (Wildman–Crippen LogP) is 2.62. The minimum atomic E-state index is -0.814. The Hall–Kier alpha value is -2.86. The van der Waals surface area contributed by atoms with Gasteiger partial charge in [0.1, 0.15) is 0 Å². The van der Waals surface area contributed by atoms with Gasteiger partial charge in [-0.05, 0) is 53.8 Å². The van der Waals surface area contributed by atoms with E-state index in [0.29, 0.717) is 13.0 Å². The van der Waals surface area contributed by atoms with Crippen LogP contribution in [0.3, 0.4) is 0 Å². The van der Waals surface area contributed by atoms with E-state index in [1.54, 1.807) is 0 Å². The van der Waals surface area contributed by atoms with E-state index in [1.807, 2.05) is 35.2 Å². The number of hydrogen-bond donors (Lipinski definition) is 3. The summed E-state index contributed by atoms with van der Waals surface area (Å²) < 4.78 is 0. The van der Waals surface area contributed by atoms with Gasteiger partial charge in [0.2, 0.25) is 0 Å². The van der Waals surface area contributed by atoms with Crippen LogP contribution in [0.25, 0.3) is 0 Å². The number of carbonyl (C=O) groups excluding carboxylic acids is 1. The maximum absolute atomic E-state index is 12.6. The van der Waals surface area contributed by atoms with Crippen molar-refractivity contribution >= 4 is 17.7 Å². The number of nitrogens with zero attached hydrogens (tertiary/aromatic N) is 1. The van der Waals surface area contributed by atoms with Crippen LogP contribution in [0.5, 0.6) is 0 Å². The third kappa shape index (κ3) is 3.53. The second kappa shape index (κ2) is 7.40. The molecule has 1 atom stereocenters. The monoisotopic (exact) mass is 365 g/mol. The lowest BCUT2D eigenvalue weighted by molar-refractivity contribution is -0.136. The zero-order chi connectivity index (χ0) is 18.8. The molecule has 0 aliphatic carbocycles. The van der Waals surface area contributed by atoms with Crippen LogP contribution in [0, 0.1) is 0 Å². The van der Waals surface area contributed by atoms with Crippen molar-refractivity contribution in [2.75, 3.05) is 18.0 Å². The van der Waals surface area contributed by atoms with Gasteiger partial charge in [0.05, 0.1) is 6.04 Å². The first-order valence-electron chi connectivity index (χ1n) is 9.32. The largest absolute Gasteiger partial charge is 0.481 e. The van der Waals surface area contributed by atoms with Crippen LogP contribution in [-0.2, 0) is 24.2 Å². The molecule has 4 rings (SSSR count). The van der Waals surface area contributed by atoms with E-state index in [0.717, 1.165) is 36.3 Å². The van der Waals surface area contributed by atoms with Crippen molar-refractivity contribution in [3.63, 3.8) is 0 Å². The fourth-order valence-corrected chi connectivity index (χ4v) is 3.99. The summed E-state index contributed by atoms with van der Waals surface area (Å²) in [5.74, 6) is -0.814. The van der Waals surface area contributed by atoms with Crippen molar-refractivity contribution in [3.8, 4) is 0 Å². The fraction of sp³-hybridized carbons (Fsp3) is 0.333. The second-order valence-electron chi connectivity index (χ2n) is 7.04. The summed E-state index contributed by atoms with van der Waals surface area (Å²) >= 11 is 0. The van der Waals surface area contributed by atoms with Crippen molar-refractivity contribution in [2.24, 2.45) is 0 Å². The molecule has 1 saturated heterocycles. The Bertz CT molecular complexity index is 881. The van der Waals surface area contributed by atoms with Crippen LogP contribution >= 0.6 is 0 Å². The highest BCUT2D eigenvalue weighted by Crippen LogP contribution is 2.34. The molecule has 6 nitrogen and oxygen atoms in total. The van der Waals surface area contributed by atoms with Crippen molar-refractivity contribution in [2.45, 2.75) is 31.8 Å². The highest BCUT2D eigenvalue weighted by molar-refractivity contribution is 5.95. The molecule has 2 amide bonds. The number of anilines is 1. The number of fused-ring (bicyclic) bond motifs is 1. The lowest BCUT2D eigenvalue weighted by Crippen LogP contribution is -2.31. The molecule has 2 aliphatic rings. The van der Waals surface area contributed by atoms with E-state index in [4.69, 9.17) is 5.11 Å². The molecule has 1 fully saturated rings. The molecule has 0 radical (unpaired) electrons. The number of rotatable bonds is 5. The molecule has 2 aromatic rings. The Labute approximate surface area is 158 Å². The van der Waals surface area contributed by atoms with Crippen LogP contribution in [0.1, 0.15) is 34.7 Å². The van der Waals surface area contributed by atoms with Gasteiger partial charge in [-0.2, -0.15) is 0 Å². The number of benzene rings is 2. The van der Waals surface area contributed by atoms with Gasteiger partial charge >= 0.3 is 12.0 Å². The molecule has 140 valence electrons. The van der Waals surface area contributed by atoms with Crippen LogP contribution in [0.2, 0.25) is 0 Å². The molecule has 6 heteroatoms. The maximum atomic E-state index is 12.6. The summed E-state index contributed by atoms with van der Waals surface area (Å²) in [7, 11) is 0. The summed E-state index contributed by atoms with van der Waals surface area (Å²) in [6.07, 6.45) is 1.50. The maximum Gasteiger partial charge on any atom is 0.322 e. The molecule has 2 aromatic carbocycles. The van der Waals surface area contributed by atoms with E-state index in [1.165, 1.54) is 11.1 Å². The van der Waals surface area contributed by atoms with E-state index < -0.39 is 5.97 Å². The van der Waals surface area contributed by atoms with Gasteiger partial charge in [-0.1, -0.05) is 30.3 Å². The number of amides is 2. The van der Waals surface area contributed by atoms with E-state index in [9.17, 15) is 9.59 Å². The molecule has 0 bridgehead atoms. The zero-order valence-electron chi connectivity index (χ0n) is 15.1. The Morgan fingerprint density at radius 1 is 1.19 bits per heavy atom. The first-order chi connectivity index (χ1) is 13.1. The van der Waals surface area contributed by atoms with Crippen molar-refractivity contribution in [3.05, 3.63) is 64.7 Å². The number of aryl methyl sites for hydroxylation is 1. The van der Waals surface area contributed by atoms with Gasteiger partial charge in [0.25, 0.3) is 0 Å². The molecule has 2 aliphatic heterocycles. The summed E-state index contributed by atoms with van der Waals surface area (Å²) in [5, 5.41) is 15.3. The molecular weight excluding hydrogens is 342 g/mol. The van der Waals surface area contributed by atoms with Gasteiger partial charge in [-0.15, -0.1) is 0 Å². The van der Waals surface area contributed by atoms with Gasteiger partial charge in [-0.3, -0.25) is 9.69 Å². The van der Waals surface area contributed by atoms with Crippen LogP contribution in [0.4, 0.5) is 10.5 Å². The summed E-state index contributed by atoms with van der Waals surface area (Å²) in [4.78, 5) is 25.4. The smallest absolute Gasteiger partial charge is 0.322 e. The Morgan fingerprint density at radius 2 is 2.04 bits per heavy atom. The number of carbonyl (C=O) groups is 2. The first kappa shape index (κ1) is 17.5. The number of nitrogens with one attached hydrogen (secondary N) is 2. The number of hydrogen-bond acceptors (Lipinski definition) is 3. The van der Waals surface area contributed by atoms with Gasteiger partial charge < -0.3 is 15.7 Å². The molecule has 1 unspecified atom stereocenters. The second-order valence-corrected chi connectivity index (χ2v) is 7.04. The number of urea groups is 1. The first-order valence-corrected chi connectivity index (χ1v) is 9.32. The minimum absolute atomic E-state index is 0.0803. The van der Waals surface area contributed by atoms with E-state index >= 15 is 0 Å². The third-order valence-corrected chi connectivity index (χ3v) is 5.35. The normalized spacial score (nSPS) is 18.9. The summed E-state index contributed by atoms with van der Waals surface area (Å²) in [5.41, 5.74) is 5.45. The number of carboxylic acid groups (broad SMARTS) is 1. The molecule has 0 saturated carbocycles. The molecule has 27 heavy (non-hydrogen) atoms. The van der Waals surface area contributed by atoms with Crippen molar-refractivity contribution in [1.82, 2.24) is 10.6 Å². The summed E-state index contributed by atoms with van der Waals surface area (Å²) in [6, 6.07) is 13.8. The van der Waals surface area contributed by atoms with Crippen LogP contribution < -0.4 is 15.5 Å². The average molecular weight is 365 g/mol. The van der Waals surface area contributed by atoms with Crippen molar-refractivity contribution < 1.29 is 14.7 Å². The van der Waals surface area contributed by atoms with E-state index in [2.05, 4.69) is 22.8 Å². The fourth-order valence-electron chi connectivity index (χ4n) is 3.99. The minimum Gasteiger partial charge on any atom is -0.481 e. The molecule has 0 aromatic heterocycles. The molecule has 2 heterocycles. The van der Waals surface area contributed by atoms with Gasteiger partial charge in [-0.25, -0.2) is 4.79 Å². The number of carboxylic acids is 1. The highest BCUT2D eigenvalue weighted by atomic mass is 16.4. The van der Waals surface area contributed by atoms with Crippen LogP contribution in [-0.4, -0.2) is 30.2 Å². The van der Waals surface area contributed by atoms with Crippen LogP contribution in [0.15, 0.2) is 42.5 Å². The lowest BCUT2D eigenvalue weighted by Gasteiger charge is -2.27. The summed E-state index contributed by atoms with van der Waals surface area (Å²) in [6.45, 7) is 2.33. The number of aliphatic carboxylic acids is 1. The van der Waals surface area contributed by atoms with Crippen molar-refractivity contribution in [1.29, 1.82) is 0 Å². The molecule has 3 N–H and O–H groups in total. The third-order valence-electron chi connectivity index (χ3n) is 5.35. The highest BCUT2D eigenvalue weighted by Gasteiger charge is 2.34. The molecular formula is C21H23N3O3. The van der Waals surface area contributed by atoms with Gasteiger partial charge in [0.15, 0.2) is 0 Å². The SMILES string of the molecule is O=C(O)CCc1ccccc1C1CNC(=O)N1c1ccc2c(c1)CCNC2. The predicted molar refractivity (Wildman–Crippen MR) is 103 cm³/mol. The molecule has 0 spiro atoms. The standard InChI is InChI=1S/C21H23N3O3/c25-20(26)8-6-14-3-1-2-4-18(14)19-13-23-21(27)24(19)17-7-5-16-12-22-10-9-15(16)11-17/h1-5,7,11,19,22H,6,8-10,12-13H2,(H,23,27)(H,25,26). The quantitative estimate of drug-likeness (QED) is 0.761. The Kier molecular flexibility index (Phi) is 4.81. The van der Waals surface area contributed by atoms with E-state index in [-0.39, 0.29) is 18.5 Å². The van der Waals surface area contributed by atoms with Gasteiger partial charge in [0, 0.05) is 25.2 Å². The Morgan fingerprint density at radius 3 is 2.89 bits per heavy atom. The topological polar surface area (TPSA) is 81.7 Å². The lowest BCUT2D eigenvalue weighted by atomic mass is 9.95. The zero-order valence-corrected chi connectivity index (χ0v) is 15.1.